The van der Waals surface area contributed by atoms with Gasteiger partial charge in [-0.15, -0.1) is 22.7 Å². The molecule has 4 aromatic rings. The largest absolute Gasteiger partial charge is 0.382 e. The van der Waals surface area contributed by atoms with Crippen LogP contribution in [0.4, 0.5) is 22.3 Å². The maximum atomic E-state index is 6.19. The highest BCUT2D eigenvalue weighted by Crippen LogP contribution is 2.40. The third-order valence-corrected chi connectivity index (χ3v) is 7.25. The van der Waals surface area contributed by atoms with Crippen molar-refractivity contribution in [3.63, 3.8) is 0 Å². The first-order valence-corrected chi connectivity index (χ1v) is 11.3. The standard InChI is InChI=1S/C20H21N5S3/c1-11-9-15(12(2)27-11)16-10-26-19(23-16)17-18(21)24-20(28-17)22-13-5-7-14(8-6-13)25(3)4/h5-10H,21H2,1-4H3,(H,22,24). The van der Waals surface area contributed by atoms with Crippen LogP contribution in [-0.2, 0) is 0 Å². The lowest BCUT2D eigenvalue weighted by Crippen LogP contribution is -2.08. The van der Waals surface area contributed by atoms with Crippen LogP contribution in [0.5, 0.6) is 0 Å². The van der Waals surface area contributed by atoms with Crippen molar-refractivity contribution in [3.05, 3.63) is 45.5 Å². The number of nitrogen functional groups attached to an aromatic ring is 1. The van der Waals surface area contributed by atoms with E-state index in [1.165, 1.54) is 26.7 Å². The molecule has 3 heterocycles. The highest BCUT2D eigenvalue weighted by atomic mass is 32.1. The number of nitrogens with one attached hydrogen (secondary N) is 1. The van der Waals surface area contributed by atoms with Crippen LogP contribution in [0.1, 0.15) is 9.75 Å². The molecule has 8 heteroatoms. The number of benzene rings is 1. The summed E-state index contributed by atoms with van der Waals surface area (Å²) in [5, 5.41) is 7.11. The summed E-state index contributed by atoms with van der Waals surface area (Å²) in [6, 6.07) is 10.4. The Morgan fingerprint density at radius 3 is 2.43 bits per heavy atom. The zero-order chi connectivity index (χ0) is 19.8. The Hall–Kier alpha value is -2.42. The number of aromatic nitrogens is 2. The van der Waals surface area contributed by atoms with E-state index >= 15 is 0 Å². The minimum Gasteiger partial charge on any atom is -0.382 e. The second kappa shape index (κ2) is 7.54. The Morgan fingerprint density at radius 2 is 1.79 bits per heavy atom. The summed E-state index contributed by atoms with van der Waals surface area (Å²) in [4.78, 5) is 14.9. The number of nitrogens with zero attached hydrogens (tertiary/aromatic N) is 3. The molecule has 0 aliphatic rings. The molecule has 3 aromatic heterocycles. The van der Waals surface area contributed by atoms with Gasteiger partial charge < -0.3 is 16.0 Å². The Bertz CT molecular complexity index is 1110. The molecule has 0 aliphatic heterocycles. The van der Waals surface area contributed by atoms with Crippen LogP contribution in [-0.4, -0.2) is 24.1 Å². The van der Waals surface area contributed by atoms with Gasteiger partial charge in [-0.3, -0.25) is 0 Å². The van der Waals surface area contributed by atoms with Crippen LogP contribution >= 0.6 is 34.0 Å². The average molecular weight is 428 g/mol. The fourth-order valence-electron chi connectivity index (χ4n) is 2.89. The molecule has 4 rings (SSSR count). The van der Waals surface area contributed by atoms with Gasteiger partial charge in [0.2, 0.25) is 0 Å². The van der Waals surface area contributed by atoms with Gasteiger partial charge in [-0.25, -0.2) is 9.97 Å². The predicted octanol–water partition coefficient (Wildman–Crippen LogP) is 6.00. The third kappa shape index (κ3) is 3.76. The number of thiophene rings is 1. The maximum absolute atomic E-state index is 6.19. The molecule has 0 saturated carbocycles. The lowest BCUT2D eigenvalue weighted by atomic mass is 10.2. The quantitative estimate of drug-likeness (QED) is 0.409. The van der Waals surface area contributed by atoms with E-state index in [0.717, 1.165) is 32.1 Å². The highest BCUT2D eigenvalue weighted by molar-refractivity contribution is 7.23. The van der Waals surface area contributed by atoms with Gasteiger partial charge >= 0.3 is 0 Å². The van der Waals surface area contributed by atoms with Crippen molar-refractivity contribution in [3.8, 4) is 21.1 Å². The summed E-state index contributed by atoms with van der Waals surface area (Å²) in [7, 11) is 4.05. The zero-order valence-corrected chi connectivity index (χ0v) is 18.6. The summed E-state index contributed by atoms with van der Waals surface area (Å²) in [6.07, 6.45) is 0. The minimum atomic E-state index is 0.511. The van der Waals surface area contributed by atoms with Gasteiger partial charge in [-0.1, -0.05) is 11.3 Å². The first kappa shape index (κ1) is 18.9. The van der Waals surface area contributed by atoms with Gasteiger partial charge in [0, 0.05) is 46.2 Å². The molecule has 144 valence electrons. The first-order valence-electron chi connectivity index (χ1n) is 8.74. The van der Waals surface area contributed by atoms with Crippen LogP contribution in [0.25, 0.3) is 21.1 Å². The fourth-order valence-corrected chi connectivity index (χ4v) is 5.65. The molecule has 0 amide bonds. The number of anilines is 4. The molecule has 0 atom stereocenters. The Morgan fingerprint density at radius 1 is 1.04 bits per heavy atom. The van der Waals surface area contributed by atoms with E-state index in [-0.39, 0.29) is 0 Å². The van der Waals surface area contributed by atoms with Gasteiger partial charge in [0.25, 0.3) is 0 Å². The molecule has 0 bridgehead atoms. The minimum absolute atomic E-state index is 0.511. The van der Waals surface area contributed by atoms with Gasteiger partial charge in [-0.2, -0.15) is 0 Å². The van der Waals surface area contributed by atoms with Crippen molar-refractivity contribution in [2.75, 3.05) is 30.0 Å². The van der Waals surface area contributed by atoms with E-state index in [9.17, 15) is 0 Å². The molecule has 28 heavy (non-hydrogen) atoms. The molecule has 1 aromatic carbocycles. The van der Waals surface area contributed by atoms with Crippen LogP contribution in [0.15, 0.2) is 35.7 Å². The Balaban J connectivity index is 1.57. The number of nitrogens with two attached hydrogens (primary N) is 1. The molecular formula is C20H21N5S3. The smallest absolute Gasteiger partial charge is 0.189 e. The van der Waals surface area contributed by atoms with Crippen LogP contribution in [0, 0.1) is 13.8 Å². The van der Waals surface area contributed by atoms with Crippen LogP contribution in [0.2, 0.25) is 0 Å². The molecule has 5 nitrogen and oxygen atoms in total. The topological polar surface area (TPSA) is 67.1 Å². The molecule has 0 saturated heterocycles. The van der Waals surface area contributed by atoms with Gasteiger partial charge in [-0.05, 0) is 44.2 Å². The zero-order valence-electron chi connectivity index (χ0n) is 16.1. The summed E-state index contributed by atoms with van der Waals surface area (Å²) >= 11 is 4.93. The summed E-state index contributed by atoms with van der Waals surface area (Å²) < 4.78 is 0. The number of aryl methyl sites for hydroxylation is 2. The maximum Gasteiger partial charge on any atom is 0.189 e. The van der Waals surface area contributed by atoms with Crippen molar-refractivity contribution in [1.29, 1.82) is 0 Å². The number of thiazole rings is 2. The number of hydrogen-bond donors (Lipinski definition) is 2. The van der Waals surface area contributed by atoms with Crippen molar-refractivity contribution in [2.45, 2.75) is 13.8 Å². The Labute approximate surface area is 176 Å². The molecule has 0 radical (unpaired) electrons. The van der Waals surface area contributed by atoms with Crippen molar-refractivity contribution < 1.29 is 0 Å². The summed E-state index contributed by atoms with van der Waals surface area (Å²) in [6.45, 7) is 4.26. The molecule has 0 unspecified atom stereocenters. The molecular weight excluding hydrogens is 406 g/mol. The second-order valence-electron chi connectivity index (χ2n) is 6.66. The van der Waals surface area contributed by atoms with E-state index in [2.05, 4.69) is 52.6 Å². The van der Waals surface area contributed by atoms with E-state index in [1.807, 2.05) is 26.2 Å². The summed E-state index contributed by atoms with van der Waals surface area (Å²) in [5.41, 5.74) is 10.5. The average Bonchev–Trinajstić information content (AvgIpc) is 3.34. The second-order valence-corrected chi connectivity index (χ2v) is 9.98. The van der Waals surface area contributed by atoms with Crippen molar-refractivity contribution >= 4 is 56.3 Å². The van der Waals surface area contributed by atoms with Crippen molar-refractivity contribution in [2.24, 2.45) is 0 Å². The molecule has 0 fully saturated rings. The molecule has 3 N–H and O–H groups in total. The summed E-state index contributed by atoms with van der Waals surface area (Å²) in [5.74, 6) is 0.511. The number of hydrogen-bond acceptors (Lipinski definition) is 8. The lowest BCUT2D eigenvalue weighted by Gasteiger charge is -2.12. The SMILES string of the molecule is Cc1cc(-c2csc(-c3sc(Nc4ccc(N(C)C)cc4)nc3N)n2)c(C)s1. The van der Waals surface area contributed by atoms with E-state index in [1.54, 1.807) is 22.7 Å². The molecule has 0 aliphatic carbocycles. The number of rotatable bonds is 5. The van der Waals surface area contributed by atoms with Gasteiger partial charge in [0.1, 0.15) is 15.7 Å². The first-order chi connectivity index (χ1) is 13.4. The van der Waals surface area contributed by atoms with E-state index < -0.39 is 0 Å². The molecule has 0 spiro atoms. The van der Waals surface area contributed by atoms with Crippen LogP contribution < -0.4 is 16.0 Å². The highest BCUT2D eigenvalue weighted by Gasteiger charge is 2.16. The van der Waals surface area contributed by atoms with Crippen LogP contribution in [0.3, 0.4) is 0 Å². The van der Waals surface area contributed by atoms with E-state index in [0.29, 0.717) is 5.82 Å². The lowest BCUT2D eigenvalue weighted by molar-refractivity contribution is 1.13. The monoisotopic (exact) mass is 427 g/mol. The van der Waals surface area contributed by atoms with Gasteiger partial charge in [0.05, 0.1) is 5.69 Å². The normalized spacial score (nSPS) is 11.0. The fraction of sp³-hybridized carbons (Fsp3) is 0.200. The van der Waals surface area contributed by atoms with Gasteiger partial charge in [0.15, 0.2) is 5.13 Å². The Kier molecular flexibility index (Phi) is 5.09. The van der Waals surface area contributed by atoms with Crippen molar-refractivity contribution in [1.82, 2.24) is 9.97 Å². The third-order valence-electron chi connectivity index (χ3n) is 4.30. The van der Waals surface area contributed by atoms with E-state index in [4.69, 9.17) is 10.7 Å². The predicted molar refractivity (Wildman–Crippen MR) is 124 cm³/mol.